The van der Waals surface area contributed by atoms with Gasteiger partial charge in [-0.2, -0.15) is 0 Å². The highest BCUT2D eigenvalue weighted by molar-refractivity contribution is 6.39. The van der Waals surface area contributed by atoms with Gasteiger partial charge in [0.1, 0.15) is 6.61 Å². The van der Waals surface area contributed by atoms with Gasteiger partial charge in [0.25, 0.3) is 0 Å². The highest BCUT2D eigenvalue weighted by atomic mass is 35.5. The summed E-state index contributed by atoms with van der Waals surface area (Å²) in [4.78, 5) is 11.5. The number of methoxy groups -OCH3 is 1. The Hall–Kier alpha value is -0.810. The van der Waals surface area contributed by atoms with Crippen LogP contribution in [0.3, 0.4) is 0 Å². The Morgan fingerprint density at radius 2 is 1.94 bits per heavy atom. The molecule has 0 saturated heterocycles. The molecule has 0 heterocycles. The maximum absolute atomic E-state index is 11.5. The lowest BCUT2D eigenvalue weighted by Gasteiger charge is -2.09. The number of hydrogen-bond donors (Lipinski definition) is 1. The number of ether oxygens (including phenoxy) is 2. The Morgan fingerprint density at radius 1 is 1.29 bits per heavy atom. The Morgan fingerprint density at radius 3 is 2.53 bits per heavy atom. The Kier molecular flexibility index (Phi) is 6.29. The van der Waals surface area contributed by atoms with Crippen molar-refractivity contribution >= 4 is 34.8 Å². The SMILES string of the molecule is COCCOCC(=O)Nc1c(Cl)cccc1Cl. The standard InChI is InChI=1S/C11H13Cl2NO3/c1-16-5-6-17-7-10(15)14-11-8(12)3-2-4-9(11)13/h2-4H,5-7H2,1H3,(H,14,15). The molecule has 0 radical (unpaired) electrons. The molecule has 17 heavy (non-hydrogen) atoms. The van der Waals surface area contributed by atoms with Crippen molar-refractivity contribution in [2.24, 2.45) is 0 Å². The summed E-state index contributed by atoms with van der Waals surface area (Å²) in [6, 6.07) is 5.00. The number of rotatable bonds is 6. The molecule has 1 rings (SSSR count). The van der Waals surface area contributed by atoms with Crippen molar-refractivity contribution in [3.8, 4) is 0 Å². The topological polar surface area (TPSA) is 47.6 Å². The van der Waals surface area contributed by atoms with Crippen LogP contribution in [0.15, 0.2) is 18.2 Å². The molecule has 94 valence electrons. The fourth-order valence-electron chi connectivity index (χ4n) is 1.10. The van der Waals surface area contributed by atoms with E-state index in [1.807, 2.05) is 0 Å². The number of para-hydroxylation sites is 1. The summed E-state index contributed by atoms with van der Waals surface area (Å²) in [5.41, 5.74) is 0.399. The third-order valence-corrected chi connectivity index (χ3v) is 2.52. The molecule has 1 aromatic carbocycles. The second-order valence-electron chi connectivity index (χ2n) is 3.19. The van der Waals surface area contributed by atoms with E-state index in [9.17, 15) is 4.79 Å². The molecule has 1 amide bonds. The maximum atomic E-state index is 11.5. The smallest absolute Gasteiger partial charge is 0.250 e. The van der Waals surface area contributed by atoms with Gasteiger partial charge in [0.05, 0.1) is 28.9 Å². The summed E-state index contributed by atoms with van der Waals surface area (Å²) in [5.74, 6) is -0.309. The molecule has 1 aromatic rings. The first-order valence-electron chi connectivity index (χ1n) is 4.95. The first-order valence-corrected chi connectivity index (χ1v) is 5.71. The third-order valence-electron chi connectivity index (χ3n) is 1.89. The molecule has 0 spiro atoms. The first kappa shape index (κ1) is 14.3. The average molecular weight is 278 g/mol. The molecule has 4 nitrogen and oxygen atoms in total. The van der Waals surface area contributed by atoms with Gasteiger partial charge in [-0.25, -0.2) is 0 Å². The van der Waals surface area contributed by atoms with Gasteiger partial charge in [-0.15, -0.1) is 0 Å². The van der Waals surface area contributed by atoms with Crippen LogP contribution < -0.4 is 5.32 Å². The number of hydrogen-bond acceptors (Lipinski definition) is 3. The Labute approximate surface area is 110 Å². The lowest BCUT2D eigenvalue weighted by atomic mass is 10.3. The van der Waals surface area contributed by atoms with Gasteiger partial charge in [-0.1, -0.05) is 29.3 Å². The second-order valence-corrected chi connectivity index (χ2v) is 4.00. The summed E-state index contributed by atoms with van der Waals surface area (Å²) in [7, 11) is 1.56. The van der Waals surface area contributed by atoms with Crippen molar-refractivity contribution < 1.29 is 14.3 Å². The molecule has 0 aliphatic rings. The molecular weight excluding hydrogens is 265 g/mol. The van der Waals surface area contributed by atoms with Crippen molar-refractivity contribution in [3.05, 3.63) is 28.2 Å². The monoisotopic (exact) mass is 277 g/mol. The summed E-state index contributed by atoms with van der Waals surface area (Å²) >= 11 is 11.8. The third kappa shape index (κ3) is 4.91. The van der Waals surface area contributed by atoms with Gasteiger partial charge < -0.3 is 14.8 Å². The van der Waals surface area contributed by atoms with E-state index >= 15 is 0 Å². The highest BCUT2D eigenvalue weighted by Gasteiger charge is 2.09. The zero-order chi connectivity index (χ0) is 12.7. The predicted octanol–water partition coefficient (Wildman–Crippen LogP) is 2.59. The average Bonchev–Trinajstić information content (AvgIpc) is 2.30. The molecule has 0 unspecified atom stereocenters. The molecule has 0 fully saturated rings. The number of anilines is 1. The fraction of sp³-hybridized carbons (Fsp3) is 0.364. The maximum Gasteiger partial charge on any atom is 0.250 e. The van der Waals surface area contributed by atoms with Gasteiger partial charge in [0, 0.05) is 7.11 Å². The number of benzene rings is 1. The lowest BCUT2D eigenvalue weighted by molar-refractivity contribution is -0.121. The van der Waals surface area contributed by atoms with Gasteiger partial charge in [0.2, 0.25) is 5.91 Å². The molecule has 0 bridgehead atoms. The van der Waals surface area contributed by atoms with Crippen molar-refractivity contribution in [2.75, 3.05) is 32.2 Å². The van der Waals surface area contributed by atoms with Crippen molar-refractivity contribution in [3.63, 3.8) is 0 Å². The summed E-state index contributed by atoms with van der Waals surface area (Å²) in [6.45, 7) is 0.741. The zero-order valence-electron chi connectivity index (χ0n) is 9.33. The van der Waals surface area contributed by atoms with Gasteiger partial charge in [-0.3, -0.25) is 4.79 Å². The van der Waals surface area contributed by atoms with Crippen LogP contribution in [-0.2, 0) is 14.3 Å². The van der Waals surface area contributed by atoms with E-state index in [4.69, 9.17) is 32.7 Å². The fourth-order valence-corrected chi connectivity index (χ4v) is 1.59. The van der Waals surface area contributed by atoms with Crippen LogP contribution in [-0.4, -0.2) is 32.8 Å². The minimum atomic E-state index is -0.309. The molecule has 0 aliphatic heterocycles. The number of carbonyl (C=O) groups excluding carboxylic acids is 1. The quantitative estimate of drug-likeness (QED) is 0.814. The van der Waals surface area contributed by atoms with Crippen LogP contribution in [0.2, 0.25) is 10.0 Å². The van der Waals surface area contributed by atoms with E-state index in [1.54, 1.807) is 25.3 Å². The molecule has 0 saturated carbocycles. The van der Waals surface area contributed by atoms with Crippen molar-refractivity contribution in [1.82, 2.24) is 0 Å². The largest absolute Gasteiger partial charge is 0.382 e. The van der Waals surface area contributed by atoms with E-state index in [2.05, 4.69) is 5.32 Å². The van der Waals surface area contributed by atoms with Gasteiger partial charge in [-0.05, 0) is 12.1 Å². The van der Waals surface area contributed by atoms with Crippen LogP contribution in [0, 0.1) is 0 Å². The molecule has 0 aliphatic carbocycles. The van der Waals surface area contributed by atoms with Gasteiger partial charge in [0.15, 0.2) is 0 Å². The normalized spacial score (nSPS) is 10.3. The number of halogens is 2. The second kappa shape index (κ2) is 7.50. The lowest BCUT2D eigenvalue weighted by Crippen LogP contribution is -2.20. The van der Waals surface area contributed by atoms with Crippen LogP contribution in [0.4, 0.5) is 5.69 Å². The summed E-state index contributed by atoms with van der Waals surface area (Å²) in [5, 5.41) is 3.37. The van der Waals surface area contributed by atoms with Crippen LogP contribution in [0.5, 0.6) is 0 Å². The van der Waals surface area contributed by atoms with E-state index in [0.29, 0.717) is 28.9 Å². The zero-order valence-corrected chi connectivity index (χ0v) is 10.8. The molecule has 1 N–H and O–H groups in total. The van der Waals surface area contributed by atoms with Crippen molar-refractivity contribution in [2.45, 2.75) is 0 Å². The first-order chi connectivity index (χ1) is 8.15. The number of carbonyl (C=O) groups is 1. The molecule has 6 heteroatoms. The Bertz CT molecular complexity index is 365. The predicted molar refractivity (Wildman–Crippen MR) is 67.8 cm³/mol. The Balaban J connectivity index is 2.45. The summed E-state index contributed by atoms with van der Waals surface area (Å²) in [6.07, 6.45) is 0. The molecule has 0 atom stereocenters. The molecular formula is C11H13Cl2NO3. The van der Waals surface area contributed by atoms with Gasteiger partial charge >= 0.3 is 0 Å². The molecule has 0 aromatic heterocycles. The van der Waals surface area contributed by atoms with Crippen LogP contribution in [0.25, 0.3) is 0 Å². The number of nitrogens with one attached hydrogen (secondary N) is 1. The van der Waals surface area contributed by atoms with E-state index < -0.39 is 0 Å². The van der Waals surface area contributed by atoms with E-state index in [0.717, 1.165) is 0 Å². The minimum Gasteiger partial charge on any atom is -0.382 e. The van der Waals surface area contributed by atoms with E-state index in [1.165, 1.54) is 0 Å². The highest BCUT2D eigenvalue weighted by Crippen LogP contribution is 2.29. The van der Waals surface area contributed by atoms with Crippen LogP contribution >= 0.6 is 23.2 Å². The van der Waals surface area contributed by atoms with Crippen molar-refractivity contribution in [1.29, 1.82) is 0 Å². The summed E-state index contributed by atoms with van der Waals surface area (Å²) < 4.78 is 9.85. The van der Waals surface area contributed by atoms with E-state index in [-0.39, 0.29) is 12.5 Å². The van der Waals surface area contributed by atoms with Crippen LogP contribution in [0.1, 0.15) is 0 Å². The number of amides is 1. The minimum absolute atomic E-state index is 0.0646.